The van der Waals surface area contributed by atoms with Crippen molar-refractivity contribution in [3.63, 3.8) is 0 Å². The van der Waals surface area contributed by atoms with E-state index in [0.29, 0.717) is 11.5 Å². The van der Waals surface area contributed by atoms with Crippen molar-refractivity contribution >= 4 is 16.9 Å². The van der Waals surface area contributed by atoms with E-state index in [1.165, 1.54) is 11.1 Å². The Bertz CT molecular complexity index is 1050. The number of benzene rings is 1. The molecule has 5 heteroatoms. The molecule has 5 rings (SSSR count). The van der Waals surface area contributed by atoms with Crippen molar-refractivity contribution in [3.05, 3.63) is 58.9 Å². The zero-order valence-electron chi connectivity index (χ0n) is 16.5. The molecule has 5 nitrogen and oxygen atoms in total. The molecule has 0 radical (unpaired) electrons. The van der Waals surface area contributed by atoms with Gasteiger partial charge >= 0.3 is 0 Å². The number of pyridine rings is 1. The van der Waals surface area contributed by atoms with Crippen molar-refractivity contribution < 1.29 is 4.79 Å². The van der Waals surface area contributed by atoms with Crippen molar-refractivity contribution in [3.8, 4) is 0 Å². The summed E-state index contributed by atoms with van der Waals surface area (Å²) >= 11 is 0. The molecule has 1 atom stereocenters. The maximum Gasteiger partial charge on any atom is 0.252 e. The molecular weight excluding hydrogens is 348 g/mol. The number of aryl methyl sites for hydroxylation is 1. The lowest BCUT2D eigenvalue weighted by atomic mass is 9.87. The zero-order valence-corrected chi connectivity index (χ0v) is 16.5. The number of nitrogens with one attached hydrogen (secondary N) is 1. The summed E-state index contributed by atoms with van der Waals surface area (Å²) in [5.74, 6) is 0.473. The van der Waals surface area contributed by atoms with Crippen molar-refractivity contribution in [2.45, 2.75) is 64.0 Å². The summed E-state index contributed by atoms with van der Waals surface area (Å²) in [7, 11) is 0. The second-order valence-corrected chi connectivity index (χ2v) is 8.41. The van der Waals surface area contributed by atoms with Crippen LogP contribution in [-0.2, 0) is 6.42 Å². The highest BCUT2D eigenvalue weighted by molar-refractivity contribution is 6.05. The number of hydrogen-bond acceptors (Lipinski definition) is 3. The van der Waals surface area contributed by atoms with E-state index in [2.05, 4.69) is 48.5 Å². The van der Waals surface area contributed by atoms with E-state index in [0.717, 1.165) is 48.8 Å². The Morgan fingerprint density at radius 2 is 2.04 bits per heavy atom. The fourth-order valence-corrected chi connectivity index (χ4v) is 4.33. The molecule has 2 aliphatic rings. The van der Waals surface area contributed by atoms with Gasteiger partial charge in [0.25, 0.3) is 5.91 Å². The van der Waals surface area contributed by atoms with Gasteiger partial charge in [-0.25, -0.2) is 9.67 Å². The van der Waals surface area contributed by atoms with Gasteiger partial charge in [0, 0.05) is 17.7 Å². The predicted molar refractivity (Wildman–Crippen MR) is 109 cm³/mol. The van der Waals surface area contributed by atoms with Crippen LogP contribution in [0.5, 0.6) is 0 Å². The topological polar surface area (TPSA) is 59.8 Å². The van der Waals surface area contributed by atoms with Crippen LogP contribution in [0, 0.1) is 0 Å². The lowest BCUT2D eigenvalue weighted by Crippen LogP contribution is -2.31. The smallest absolute Gasteiger partial charge is 0.252 e. The maximum absolute atomic E-state index is 13.3. The summed E-state index contributed by atoms with van der Waals surface area (Å²) in [6.07, 6.45) is 7.29. The summed E-state index contributed by atoms with van der Waals surface area (Å²) in [5.41, 5.74) is 5.18. The summed E-state index contributed by atoms with van der Waals surface area (Å²) < 4.78 is 1.92. The van der Waals surface area contributed by atoms with Crippen LogP contribution < -0.4 is 5.32 Å². The Labute approximate surface area is 165 Å². The standard InChI is InChI=1S/C23H26N4O/c1-14(2)27-22-19(13-24-27)18(12-21(25-22)16-10-11-16)23(28)26-20-9-5-7-15-6-3-4-8-17(15)20/h3-4,6,8,12-14,16,20H,5,7,9-11H2,1-2H3,(H,26,28)/t20-/m1/s1. The molecule has 28 heavy (non-hydrogen) atoms. The predicted octanol–water partition coefficient (Wildman–Crippen LogP) is 4.70. The van der Waals surface area contributed by atoms with E-state index in [1.807, 2.05) is 10.7 Å². The molecule has 1 N–H and O–H groups in total. The van der Waals surface area contributed by atoms with Gasteiger partial charge in [-0.1, -0.05) is 24.3 Å². The fourth-order valence-electron chi connectivity index (χ4n) is 4.33. The number of rotatable bonds is 4. The molecule has 0 saturated heterocycles. The lowest BCUT2D eigenvalue weighted by molar-refractivity contribution is 0.0934. The third-order valence-electron chi connectivity index (χ3n) is 5.99. The third kappa shape index (κ3) is 2.99. The first-order chi connectivity index (χ1) is 13.6. The first-order valence-corrected chi connectivity index (χ1v) is 10.4. The number of carbonyl (C=O) groups excluding carboxylic acids is 1. The highest BCUT2D eigenvalue weighted by atomic mass is 16.1. The Kier molecular flexibility index (Phi) is 4.18. The van der Waals surface area contributed by atoms with Crippen LogP contribution in [0.3, 0.4) is 0 Å². The first kappa shape index (κ1) is 17.4. The van der Waals surface area contributed by atoms with Gasteiger partial charge in [0.2, 0.25) is 0 Å². The second-order valence-electron chi connectivity index (χ2n) is 8.41. The average molecular weight is 374 g/mol. The van der Waals surface area contributed by atoms with Gasteiger partial charge < -0.3 is 5.32 Å². The molecule has 2 heterocycles. The molecule has 144 valence electrons. The fraction of sp³-hybridized carbons (Fsp3) is 0.435. The molecule has 1 amide bonds. The van der Waals surface area contributed by atoms with Crippen LogP contribution >= 0.6 is 0 Å². The number of carbonyl (C=O) groups is 1. The minimum absolute atomic E-state index is 0.0145. The average Bonchev–Trinajstić information content (AvgIpc) is 3.46. The second kappa shape index (κ2) is 6.73. The van der Waals surface area contributed by atoms with E-state index >= 15 is 0 Å². The van der Waals surface area contributed by atoms with Gasteiger partial charge in [-0.15, -0.1) is 0 Å². The number of aromatic nitrogens is 3. The van der Waals surface area contributed by atoms with Gasteiger partial charge in [0.05, 0.1) is 23.2 Å². The zero-order chi connectivity index (χ0) is 19.3. The van der Waals surface area contributed by atoms with Crippen LogP contribution in [0.15, 0.2) is 36.5 Å². The molecule has 2 aliphatic carbocycles. The summed E-state index contributed by atoms with van der Waals surface area (Å²) in [6, 6.07) is 10.7. The SMILES string of the molecule is CC(C)n1ncc2c(C(=O)N[C@@H]3CCCc4ccccc43)cc(C3CC3)nc21. The molecule has 3 aromatic rings. The van der Waals surface area contributed by atoms with Crippen molar-refractivity contribution in [1.29, 1.82) is 0 Å². The third-order valence-corrected chi connectivity index (χ3v) is 5.99. The van der Waals surface area contributed by atoms with E-state index < -0.39 is 0 Å². The molecule has 0 spiro atoms. The quantitative estimate of drug-likeness (QED) is 0.720. The Morgan fingerprint density at radius 3 is 2.82 bits per heavy atom. The number of nitrogens with zero attached hydrogens (tertiary/aromatic N) is 3. The van der Waals surface area contributed by atoms with Crippen LogP contribution in [0.4, 0.5) is 0 Å². The molecule has 2 aromatic heterocycles. The van der Waals surface area contributed by atoms with E-state index in [-0.39, 0.29) is 18.0 Å². The molecule has 1 fully saturated rings. The molecule has 1 aromatic carbocycles. The van der Waals surface area contributed by atoms with E-state index in [9.17, 15) is 4.79 Å². The molecular formula is C23H26N4O. The van der Waals surface area contributed by atoms with Gasteiger partial charge in [-0.3, -0.25) is 4.79 Å². The van der Waals surface area contributed by atoms with Crippen molar-refractivity contribution in [2.75, 3.05) is 0 Å². The molecule has 0 aliphatic heterocycles. The van der Waals surface area contributed by atoms with Gasteiger partial charge in [0.15, 0.2) is 5.65 Å². The van der Waals surface area contributed by atoms with Crippen molar-refractivity contribution in [2.24, 2.45) is 0 Å². The number of fused-ring (bicyclic) bond motifs is 2. The van der Waals surface area contributed by atoms with E-state index in [1.54, 1.807) is 6.20 Å². The van der Waals surface area contributed by atoms with E-state index in [4.69, 9.17) is 4.98 Å². The normalized spacial score (nSPS) is 19.0. The molecule has 0 bridgehead atoms. The largest absolute Gasteiger partial charge is 0.345 e. The van der Waals surface area contributed by atoms with Crippen molar-refractivity contribution in [1.82, 2.24) is 20.1 Å². The monoisotopic (exact) mass is 374 g/mol. The highest BCUT2D eigenvalue weighted by Crippen LogP contribution is 2.40. The molecule has 0 unspecified atom stereocenters. The van der Waals surface area contributed by atoms with Crippen LogP contribution in [0.25, 0.3) is 11.0 Å². The number of hydrogen-bond donors (Lipinski definition) is 1. The summed E-state index contributed by atoms with van der Waals surface area (Å²) in [6.45, 7) is 4.19. The van der Waals surface area contributed by atoms with Crippen LogP contribution in [-0.4, -0.2) is 20.7 Å². The number of amides is 1. The van der Waals surface area contributed by atoms with Crippen LogP contribution in [0.2, 0.25) is 0 Å². The highest BCUT2D eigenvalue weighted by Gasteiger charge is 2.29. The first-order valence-electron chi connectivity index (χ1n) is 10.4. The Morgan fingerprint density at radius 1 is 1.21 bits per heavy atom. The van der Waals surface area contributed by atoms with Gasteiger partial charge in [-0.2, -0.15) is 5.10 Å². The van der Waals surface area contributed by atoms with Gasteiger partial charge in [-0.05, 0) is 63.1 Å². The minimum atomic E-state index is -0.0145. The lowest BCUT2D eigenvalue weighted by Gasteiger charge is -2.26. The summed E-state index contributed by atoms with van der Waals surface area (Å²) in [4.78, 5) is 18.2. The Balaban J connectivity index is 1.53. The van der Waals surface area contributed by atoms with Crippen LogP contribution in [0.1, 0.15) is 84.7 Å². The maximum atomic E-state index is 13.3. The van der Waals surface area contributed by atoms with Gasteiger partial charge in [0.1, 0.15) is 0 Å². The minimum Gasteiger partial charge on any atom is -0.345 e. The Hall–Kier alpha value is -2.69. The molecule has 1 saturated carbocycles. The summed E-state index contributed by atoms with van der Waals surface area (Å²) in [5, 5.41) is 8.67.